The van der Waals surface area contributed by atoms with Crippen LogP contribution in [0.25, 0.3) is 0 Å². The average Bonchev–Trinajstić information content (AvgIpc) is 2.09. The van der Waals surface area contributed by atoms with Crippen LogP contribution in [0.3, 0.4) is 0 Å². The number of amides is 1. The topological polar surface area (TPSA) is 29.1 Å². The first-order valence-corrected chi connectivity index (χ1v) is 6.21. The van der Waals surface area contributed by atoms with Gasteiger partial charge < -0.3 is 5.32 Å². The Labute approximate surface area is 88.6 Å². The van der Waals surface area contributed by atoms with Crippen molar-refractivity contribution in [3.8, 4) is 0 Å². The number of carbonyl (C=O) groups is 1. The quantitative estimate of drug-likeness (QED) is 0.764. The molecule has 0 aromatic carbocycles. The predicted octanol–water partition coefficient (Wildman–Crippen LogP) is 2.47. The summed E-state index contributed by atoms with van der Waals surface area (Å²) in [6.45, 7) is 2.23. The molecule has 2 atom stereocenters. The predicted molar refractivity (Wildman–Crippen MR) is 58.0 cm³/mol. The van der Waals surface area contributed by atoms with E-state index < -0.39 is 0 Å². The molecule has 3 heteroatoms. The highest BCUT2D eigenvalue weighted by atomic mass is 79.9. The third-order valence-corrected chi connectivity index (χ3v) is 3.18. The number of hydrogen-bond donors (Lipinski definition) is 1. The minimum atomic E-state index is 0.190. The maximum Gasteiger partial charge on any atom is 0.221 e. The molecule has 0 spiro atoms. The molecule has 1 fully saturated rings. The summed E-state index contributed by atoms with van der Waals surface area (Å²) in [5.41, 5.74) is 0. The molecule has 1 rings (SSSR count). The maximum absolute atomic E-state index is 11.3. The molecule has 0 aromatic rings. The van der Waals surface area contributed by atoms with E-state index in [4.69, 9.17) is 0 Å². The van der Waals surface area contributed by atoms with E-state index in [9.17, 15) is 4.79 Å². The van der Waals surface area contributed by atoms with Crippen LogP contribution in [0.5, 0.6) is 0 Å². The monoisotopic (exact) mass is 247 g/mol. The minimum Gasteiger partial charge on any atom is -0.353 e. The molecule has 0 aliphatic heterocycles. The SMILES string of the molecule is CC1CCCCC1NC(=O)CCBr. The number of nitrogens with one attached hydrogen (secondary N) is 1. The van der Waals surface area contributed by atoms with Gasteiger partial charge >= 0.3 is 0 Å². The molecule has 1 saturated carbocycles. The van der Waals surface area contributed by atoms with Gasteiger partial charge in [-0.15, -0.1) is 0 Å². The maximum atomic E-state index is 11.3. The van der Waals surface area contributed by atoms with Gasteiger partial charge in [0.2, 0.25) is 5.91 Å². The molecule has 0 bridgehead atoms. The molecule has 2 nitrogen and oxygen atoms in total. The number of halogens is 1. The summed E-state index contributed by atoms with van der Waals surface area (Å²) < 4.78 is 0. The molecule has 1 aliphatic carbocycles. The van der Waals surface area contributed by atoms with Crippen molar-refractivity contribution in [2.24, 2.45) is 5.92 Å². The van der Waals surface area contributed by atoms with Crippen LogP contribution in [-0.2, 0) is 4.79 Å². The molecule has 13 heavy (non-hydrogen) atoms. The lowest BCUT2D eigenvalue weighted by Crippen LogP contribution is -2.41. The summed E-state index contributed by atoms with van der Waals surface area (Å²) in [6, 6.07) is 0.431. The van der Waals surface area contributed by atoms with E-state index in [2.05, 4.69) is 28.2 Å². The lowest BCUT2D eigenvalue weighted by atomic mass is 9.86. The van der Waals surface area contributed by atoms with E-state index in [1.54, 1.807) is 0 Å². The third kappa shape index (κ3) is 3.67. The zero-order valence-electron chi connectivity index (χ0n) is 8.18. The molecule has 0 radical (unpaired) electrons. The Balaban J connectivity index is 2.29. The molecule has 1 amide bonds. The fourth-order valence-electron chi connectivity index (χ4n) is 1.90. The van der Waals surface area contributed by atoms with Gasteiger partial charge in [0.25, 0.3) is 0 Å². The van der Waals surface area contributed by atoms with Gasteiger partial charge in [-0.1, -0.05) is 35.7 Å². The first-order valence-electron chi connectivity index (χ1n) is 5.09. The van der Waals surface area contributed by atoms with Gasteiger partial charge in [0, 0.05) is 17.8 Å². The Morgan fingerprint density at radius 2 is 2.15 bits per heavy atom. The standard InChI is InChI=1S/C10H18BrNO/c1-8-4-2-3-5-9(8)12-10(13)6-7-11/h8-9H,2-7H2,1H3,(H,12,13). The summed E-state index contributed by atoms with van der Waals surface area (Å²) in [5.74, 6) is 0.851. The smallest absolute Gasteiger partial charge is 0.221 e. The van der Waals surface area contributed by atoms with Crippen LogP contribution in [0.15, 0.2) is 0 Å². The average molecular weight is 248 g/mol. The van der Waals surface area contributed by atoms with Crippen molar-refractivity contribution in [2.45, 2.75) is 45.1 Å². The van der Waals surface area contributed by atoms with Crippen LogP contribution in [0.2, 0.25) is 0 Å². The lowest BCUT2D eigenvalue weighted by molar-refractivity contribution is -0.121. The van der Waals surface area contributed by atoms with E-state index >= 15 is 0 Å². The van der Waals surface area contributed by atoms with Crippen molar-refractivity contribution in [3.63, 3.8) is 0 Å². The molecule has 76 valence electrons. The van der Waals surface area contributed by atoms with Crippen molar-refractivity contribution >= 4 is 21.8 Å². The summed E-state index contributed by atoms with van der Waals surface area (Å²) in [4.78, 5) is 11.3. The second-order valence-electron chi connectivity index (χ2n) is 3.87. The van der Waals surface area contributed by atoms with E-state index in [0.29, 0.717) is 18.4 Å². The fourth-order valence-corrected chi connectivity index (χ4v) is 2.26. The van der Waals surface area contributed by atoms with E-state index in [-0.39, 0.29) is 5.91 Å². The van der Waals surface area contributed by atoms with Crippen molar-refractivity contribution in [1.82, 2.24) is 5.32 Å². The number of alkyl halides is 1. The zero-order chi connectivity index (χ0) is 9.68. The van der Waals surface area contributed by atoms with Gasteiger partial charge in [-0.25, -0.2) is 0 Å². The highest BCUT2D eigenvalue weighted by molar-refractivity contribution is 9.09. The van der Waals surface area contributed by atoms with Gasteiger partial charge in [0.05, 0.1) is 0 Å². The normalized spacial score (nSPS) is 28.5. The Morgan fingerprint density at radius 3 is 2.77 bits per heavy atom. The molecular formula is C10H18BrNO. The second-order valence-corrected chi connectivity index (χ2v) is 4.67. The number of rotatable bonds is 3. The second kappa shape index (κ2) is 5.63. The molecule has 0 heterocycles. The Hall–Kier alpha value is -0.0500. The van der Waals surface area contributed by atoms with Gasteiger partial charge in [-0.2, -0.15) is 0 Å². The van der Waals surface area contributed by atoms with Crippen molar-refractivity contribution in [3.05, 3.63) is 0 Å². The summed E-state index contributed by atoms with van der Waals surface area (Å²) >= 11 is 3.27. The Kier molecular flexibility index (Phi) is 4.78. The van der Waals surface area contributed by atoms with Crippen LogP contribution in [0, 0.1) is 5.92 Å². The Morgan fingerprint density at radius 1 is 1.46 bits per heavy atom. The molecule has 2 unspecified atom stereocenters. The highest BCUT2D eigenvalue weighted by Gasteiger charge is 2.22. The third-order valence-electron chi connectivity index (χ3n) is 2.78. The fraction of sp³-hybridized carbons (Fsp3) is 0.900. The molecule has 0 saturated heterocycles. The Bertz CT molecular complexity index is 172. The van der Waals surface area contributed by atoms with Crippen LogP contribution < -0.4 is 5.32 Å². The molecule has 1 aliphatic rings. The summed E-state index contributed by atoms with van der Waals surface area (Å²) in [6.07, 6.45) is 5.62. The molecule has 0 aromatic heterocycles. The number of hydrogen-bond acceptors (Lipinski definition) is 1. The van der Waals surface area contributed by atoms with Crippen LogP contribution in [-0.4, -0.2) is 17.3 Å². The van der Waals surface area contributed by atoms with Gasteiger partial charge in [-0.3, -0.25) is 4.79 Å². The van der Waals surface area contributed by atoms with E-state index in [0.717, 1.165) is 11.8 Å². The van der Waals surface area contributed by atoms with Crippen LogP contribution >= 0.6 is 15.9 Å². The minimum absolute atomic E-state index is 0.190. The highest BCUT2D eigenvalue weighted by Crippen LogP contribution is 2.23. The van der Waals surface area contributed by atoms with Gasteiger partial charge in [0.1, 0.15) is 0 Å². The molecule has 1 N–H and O–H groups in total. The molecular weight excluding hydrogens is 230 g/mol. The van der Waals surface area contributed by atoms with Crippen molar-refractivity contribution in [2.75, 3.05) is 5.33 Å². The largest absolute Gasteiger partial charge is 0.353 e. The zero-order valence-corrected chi connectivity index (χ0v) is 9.77. The summed E-state index contributed by atoms with van der Waals surface area (Å²) in [5, 5.41) is 3.86. The summed E-state index contributed by atoms with van der Waals surface area (Å²) in [7, 11) is 0. The number of carbonyl (C=O) groups excluding carboxylic acids is 1. The van der Waals surface area contributed by atoms with Crippen molar-refractivity contribution in [1.29, 1.82) is 0 Å². The van der Waals surface area contributed by atoms with Crippen LogP contribution in [0.1, 0.15) is 39.0 Å². The first kappa shape index (κ1) is 11.0. The van der Waals surface area contributed by atoms with Crippen molar-refractivity contribution < 1.29 is 4.79 Å². The van der Waals surface area contributed by atoms with E-state index in [1.807, 2.05) is 0 Å². The van der Waals surface area contributed by atoms with Gasteiger partial charge in [0.15, 0.2) is 0 Å². The van der Waals surface area contributed by atoms with Crippen LogP contribution in [0.4, 0.5) is 0 Å². The first-order chi connectivity index (χ1) is 6.24. The van der Waals surface area contributed by atoms with Gasteiger partial charge in [-0.05, 0) is 18.8 Å². The lowest BCUT2D eigenvalue weighted by Gasteiger charge is -2.29. The van der Waals surface area contributed by atoms with E-state index in [1.165, 1.54) is 19.3 Å².